The monoisotopic (exact) mass is 128 g/mol. The standard InChI is InChI=1S/C7H14N2/c1(2-8-4-5-8)3-9-6-7-9/h1-7H2/p+2. The zero-order valence-electron chi connectivity index (χ0n) is 5.95. The topological polar surface area (TPSA) is 8.88 Å². The van der Waals surface area contributed by atoms with Crippen molar-refractivity contribution in [3.05, 3.63) is 0 Å². The lowest BCUT2D eigenvalue weighted by Gasteiger charge is -1.95. The molecule has 0 bridgehead atoms. The van der Waals surface area contributed by atoms with Gasteiger partial charge in [-0.3, -0.25) is 0 Å². The lowest BCUT2D eigenvalue weighted by atomic mass is 10.4. The van der Waals surface area contributed by atoms with E-state index in [1.54, 1.807) is 0 Å². The molecule has 2 nitrogen and oxygen atoms in total. The molecule has 0 aromatic rings. The van der Waals surface area contributed by atoms with Crippen LogP contribution in [0.2, 0.25) is 0 Å². The number of quaternary nitrogens is 2. The van der Waals surface area contributed by atoms with Gasteiger partial charge < -0.3 is 9.80 Å². The first kappa shape index (κ1) is 5.69. The summed E-state index contributed by atoms with van der Waals surface area (Å²) < 4.78 is 0. The third kappa shape index (κ3) is 1.95. The SMILES string of the molecule is C(C[NH+]1CC1)C[NH+]1CC1. The van der Waals surface area contributed by atoms with Gasteiger partial charge in [0.1, 0.15) is 26.2 Å². The Morgan fingerprint density at radius 1 is 0.778 bits per heavy atom. The van der Waals surface area contributed by atoms with Crippen LogP contribution >= 0.6 is 0 Å². The normalized spacial score (nSPS) is 26.7. The zero-order chi connectivity index (χ0) is 6.10. The molecule has 2 aliphatic heterocycles. The van der Waals surface area contributed by atoms with Crippen molar-refractivity contribution in [1.82, 2.24) is 0 Å². The quantitative estimate of drug-likeness (QED) is 0.378. The highest BCUT2D eigenvalue weighted by atomic mass is 15.3. The lowest BCUT2D eigenvalue weighted by Crippen LogP contribution is -2.96. The second kappa shape index (κ2) is 2.27. The van der Waals surface area contributed by atoms with Crippen molar-refractivity contribution in [3.63, 3.8) is 0 Å². The van der Waals surface area contributed by atoms with Gasteiger partial charge in [0, 0.05) is 6.42 Å². The van der Waals surface area contributed by atoms with Crippen LogP contribution in [0.5, 0.6) is 0 Å². The van der Waals surface area contributed by atoms with E-state index in [4.69, 9.17) is 0 Å². The molecule has 0 aromatic carbocycles. The van der Waals surface area contributed by atoms with Crippen LogP contribution in [0.3, 0.4) is 0 Å². The Kier molecular flexibility index (Phi) is 1.44. The van der Waals surface area contributed by atoms with Gasteiger partial charge in [-0.05, 0) is 0 Å². The van der Waals surface area contributed by atoms with Gasteiger partial charge in [-0.2, -0.15) is 0 Å². The van der Waals surface area contributed by atoms with Gasteiger partial charge in [0.2, 0.25) is 0 Å². The van der Waals surface area contributed by atoms with Crippen LogP contribution in [-0.4, -0.2) is 39.3 Å². The van der Waals surface area contributed by atoms with Crippen molar-refractivity contribution in [2.24, 2.45) is 0 Å². The van der Waals surface area contributed by atoms with Crippen LogP contribution in [0.4, 0.5) is 0 Å². The molecule has 0 atom stereocenters. The summed E-state index contributed by atoms with van der Waals surface area (Å²) in [5.41, 5.74) is 0. The minimum absolute atomic E-state index is 1.45. The van der Waals surface area contributed by atoms with Crippen molar-refractivity contribution in [1.29, 1.82) is 0 Å². The second-order valence-electron chi connectivity index (χ2n) is 3.35. The largest absolute Gasteiger partial charge is 0.325 e. The summed E-state index contributed by atoms with van der Waals surface area (Å²) >= 11 is 0. The van der Waals surface area contributed by atoms with Crippen LogP contribution < -0.4 is 9.80 Å². The molecule has 0 radical (unpaired) electrons. The molecule has 2 heteroatoms. The maximum Gasteiger partial charge on any atom is 0.127 e. The molecule has 9 heavy (non-hydrogen) atoms. The lowest BCUT2D eigenvalue weighted by molar-refractivity contribution is -0.782. The van der Waals surface area contributed by atoms with E-state index in [0.29, 0.717) is 0 Å². The van der Waals surface area contributed by atoms with Gasteiger partial charge in [0.15, 0.2) is 0 Å². The molecule has 0 unspecified atom stereocenters. The molecule has 2 N–H and O–H groups in total. The van der Waals surface area contributed by atoms with E-state index in [9.17, 15) is 0 Å². The number of nitrogens with one attached hydrogen (secondary N) is 2. The van der Waals surface area contributed by atoms with Crippen molar-refractivity contribution < 1.29 is 9.80 Å². The molecule has 52 valence electrons. The van der Waals surface area contributed by atoms with Crippen LogP contribution in [-0.2, 0) is 0 Å². The van der Waals surface area contributed by atoms with Crippen molar-refractivity contribution >= 4 is 0 Å². The highest BCUT2D eigenvalue weighted by molar-refractivity contribution is 4.45. The molecular weight excluding hydrogens is 112 g/mol. The van der Waals surface area contributed by atoms with E-state index in [1.165, 1.54) is 45.7 Å². The Bertz CT molecular complexity index is 83.1. The second-order valence-corrected chi connectivity index (χ2v) is 3.35. The Balaban J connectivity index is 1.46. The maximum absolute atomic E-state index is 1.83. The minimum Gasteiger partial charge on any atom is -0.325 e. The molecule has 2 aliphatic rings. The minimum atomic E-state index is 1.45. The van der Waals surface area contributed by atoms with Crippen molar-refractivity contribution in [2.45, 2.75) is 6.42 Å². The highest BCUT2D eigenvalue weighted by Gasteiger charge is 2.26. The Labute approximate surface area is 56.4 Å². The molecular formula is C7H16N2+2. The van der Waals surface area contributed by atoms with E-state index in [0.717, 1.165) is 0 Å². The van der Waals surface area contributed by atoms with Crippen molar-refractivity contribution in [3.8, 4) is 0 Å². The van der Waals surface area contributed by atoms with Gasteiger partial charge in [0.25, 0.3) is 0 Å². The number of hydrogen-bond donors (Lipinski definition) is 2. The Morgan fingerprint density at radius 2 is 1.22 bits per heavy atom. The molecule has 0 spiro atoms. The fourth-order valence-corrected chi connectivity index (χ4v) is 1.27. The van der Waals surface area contributed by atoms with Gasteiger partial charge >= 0.3 is 0 Å². The van der Waals surface area contributed by atoms with Crippen molar-refractivity contribution in [2.75, 3.05) is 39.3 Å². The van der Waals surface area contributed by atoms with Gasteiger partial charge in [-0.15, -0.1) is 0 Å². The average Bonchev–Trinajstić information content (AvgIpc) is 2.57. The predicted molar refractivity (Wildman–Crippen MR) is 35.7 cm³/mol. The molecule has 0 aromatic heterocycles. The first-order valence-corrected chi connectivity index (χ1v) is 4.12. The zero-order valence-corrected chi connectivity index (χ0v) is 5.95. The molecule has 2 rings (SSSR count). The van der Waals surface area contributed by atoms with Gasteiger partial charge in [-0.25, -0.2) is 0 Å². The Hall–Kier alpha value is -0.0800. The molecule has 0 aliphatic carbocycles. The third-order valence-corrected chi connectivity index (χ3v) is 2.27. The first-order valence-electron chi connectivity index (χ1n) is 4.12. The van der Waals surface area contributed by atoms with E-state index in [1.807, 2.05) is 9.80 Å². The van der Waals surface area contributed by atoms with Crippen LogP contribution in [0.1, 0.15) is 6.42 Å². The van der Waals surface area contributed by atoms with Crippen LogP contribution in [0.15, 0.2) is 0 Å². The van der Waals surface area contributed by atoms with E-state index in [-0.39, 0.29) is 0 Å². The number of hydrogen-bond acceptors (Lipinski definition) is 0. The highest BCUT2D eigenvalue weighted by Crippen LogP contribution is 1.73. The predicted octanol–water partition coefficient (Wildman–Crippen LogP) is -2.83. The summed E-state index contributed by atoms with van der Waals surface area (Å²) in [4.78, 5) is 3.66. The third-order valence-electron chi connectivity index (χ3n) is 2.27. The van der Waals surface area contributed by atoms with Gasteiger partial charge in [-0.1, -0.05) is 0 Å². The Morgan fingerprint density at radius 3 is 1.56 bits per heavy atom. The van der Waals surface area contributed by atoms with E-state index >= 15 is 0 Å². The summed E-state index contributed by atoms with van der Waals surface area (Å²) in [7, 11) is 0. The van der Waals surface area contributed by atoms with Crippen LogP contribution in [0.25, 0.3) is 0 Å². The fourth-order valence-electron chi connectivity index (χ4n) is 1.27. The molecule has 0 saturated carbocycles. The summed E-state index contributed by atoms with van der Waals surface area (Å²) in [6.07, 6.45) is 1.46. The smallest absolute Gasteiger partial charge is 0.127 e. The summed E-state index contributed by atoms with van der Waals surface area (Å²) in [6, 6.07) is 0. The molecule has 0 amide bonds. The first-order chi connectivity index (χ1) is 4.45. The fraction of sp³-hybridized carbons (Fsp3) is 1.00. The summed E-state index contributed by atoms with van der Waals surface area (Å²) in [6.45, 7) is 8.71. The van der Waals surface area contributed by atoms with Gasteiger partial charge in [0.05, 0.1) is 13.1 Å². The van der Waals surface area contributed by atoms with E-state index < -0.39 is 0 Å². The summed E-state index contributed by atoms with van der Waals surface area (Å²) in [5, 5.41) is 0. The number of rotatable bonds is 4. The van der Waals surface area contributed by atoms with Crippen LogP contribution in [0, 0.1) is 0 Å². The summed E-state index contributed by atoms with van der Waals surface area (Å²) in [5.74, 6) is 0. The van der Waals surface area contributed by atoms with E-state index in [2.05, 4.69) is 0 Å². The molecule has 2 heterocycles. The molecule has 2 fully saturated rings. The average molecular weight is 128 g/mol. The molecule has 2 saturated heterocycles. The maximum atomic E-state index is 1.83.